The molecular weight excluding hydrogens is 372 g/mol. The molecule has 0 bridgehead atoms. The lowest BCUT2D eigenvalue weighted by Gasteiger charge is -2.08. The molecule has 4 nitrogen and oxygen atoms in total. The Kier molecular flexibility index (Phi) is 6.29. The molecule has 28 heavy (non-hydrogen) atoms. The van der Waals surface area contributed by atoms with Gasteiger partial charge in [-0.3, -0.25) is 0 Å². The lowest BCUT2D eigenvalue weighted by atomic mass is 10.0. The van der Waals surface area contributed by atoms with Gasteiger partial charge in [0, 0.05) is 10.4 Å². The van der Waals surface area contributed by atoms with Gasteiger partial charge in [0.2, 0.25) is 0 Å². The molecule has 0 atom stereocenters. The number of ether oxygens (including phenoxy) is 2. The van der Waals surface area contributed by atoms with E-state index in [1.807, 2.05) is 48.5 Å². The Morgan fingerprint density at radius 2 is 1.39 bits per heavy atom. The quantitative estimate of drug-likeness (QED) is 0.460. The fourth-order valence-electron chi connectivity index (χ4n) is 2.67. The molecule has 1 N–H and O–H groups in total. The van der Waals surface area contributed by atoms with Crippen LogP contribution in [-0.2, 0) is 0 Å². The van der Waals surface area contributed by atoms with Crippen LogP contribution in [-0.4, -0.2) is 24.3 Å². The van der Waals surface area contributed by atoms with E-state index in [9.17, 15) is 9.90 Å². The third-order valence-electron chi connectivity index (χ3n) is 3.96. The van der Waals surface area contributed by atoms with E-state index < -0.39 is 5.97 Å². The smallest absolute Gasteiger partial charge is 0.345 e. The Labute approximate surface area is 168 Å². The second-order valence-electron chi connectivity index (χ2n) is 5.91. The molecular formula is C23H20O4S. The number of benzene rings is 2. The maximum absolute atomic E-state index is 11.5. The summed E-state index contributed by atoms with van der Waals surface area (Å²) in [5.74, 6) is 0.543. The molecule has 5 heteroatoms. The van der Waals surface area contributed by atoms with Crippen molar-refractivity contribution in [2.45, 2.75) is 0 Å². The molecule has 0 amide bonds. The SMILES string of the molecule is C=CCOc1ccc(-c2cc(C(=O)O)sc2-c2ccc(OCC=C)cc2)cc1. The molecule has 2 aromatic carbocycles. The van der Waals surface area contributed by atoms with Crippen LogP contribution in [0.2, 0.25) is 0 Å². The summed E-state index contributed by atoms with van der Waals surface area (Å²) in [6.07, 6.45) is 3.37. The van der Waals surface area contributed by atoms with Crippen LogP contribution in [0.15, 0.2) is 79.9 Å². The summed E-state index contributed by atoms with van der Waals surface area (Å²) in [6.45, 7) is 8.14. The van der Waals surface area contributed by atoms with Gasteiger partial charge in [-0.15, -0.1) is 11.3 Å². The van der Waals surface area contributed by atoms with E-state index in [2.05, 4.69) is 13.2 Å². The molecule has 0 unspecified atom stereocenters. The van der Waals surface area contributed by atoms with Crippen molar-refractivity contribution in [2.24, 2.45) is 0 Å². The Morgan fingerprint density at radius 3 is 1.86 bits per heavy atom. The summed E-state index contributed by atoms with van der Waals surface area (Å²) in [6, 6.07) is 16.9. The molecule has 0 fully saturated rings. The molecule has 0 radical (unpaired) electrons. The van der Waals surface area contributed by atoms with Crippen molar-refractivity contribution in [2.75, 3.05) is 13.2 Å². The highest BCUT2D eigenvalue weighted by Gasteiger charge is 2.17. The van der Waals surface area contributed by atoms with Gasteiger partial charge in [0.05, 0.1) is 0 Å². The Morgan fingerprint density at radius 1 is 0.893 bits per heavy atom. The predicted octanol–water partition coefficient (Wildman–Crippen LogP) is 5.91. The molecule has 1 aromatic heterocycles. The fraction of sp³-hybridized carbons (Fsp3) is 0.0870. The van der Waals surface area contributed by atoms with Crippen LogP contribution in [0.25, 0.3) is 21.6 Å². The minimum Gasteiger partial charge on any atom is -0.490 e. The monoisotopic (exact) mass is 392 g/mol. The zero-order valence-corrected chi connectivity index (χ0v) is 16.1. The zero-order chi connectivity index (χ0) is 19.9. The molecule has 0 aliphatic rings. The van der Waals surface area contributed by atoms with Crippen molar-refractivity contribution < 1.29 is 19.4 Å². The number of aromatic carboxylic acids is 1. The van der Waals surface area contributed by atoms with Gasteiger partial charge in [-0.1, -0.05) is 37.4 Å². The molecule has 3 rings (SSSR count). The third kappa shape index (κ3) is 4.50. The maximum atomic E-state index is 11.5. The summed E-state index contributed by atoms with van der Waals surface area (Å²) >= 11 is 1.26. The van der Waals surface area contributed by atoms with Gasteiger partial charge >= 0.3 is 5.97 Å². The average molecular weight is 392 g/mol. The lowest BCUT2D eigenvalue weighted by molar-refractivity contribution is 0.0702. The molecule has 0 saturated heterocycles. The molecule has 3 aromatic rings. The van der Waals surface area contributed by atoms with Crippen LogP contribution in [0.3, 0.4) is 0 Å². The normalized spacial score (nSPS) is 10.3. The number of carboxylic acids is 1. The van der Waals surface area contributed by atoms with Crippen molar-refractivity contribution in [3.8, 4) is 33.1 Å². The van der Waals surface area contributed by atoms with Crippen LogP contribution in [0.5, 0.6) is 11.5 Å². The van der Waals surface area contributed by atoms with Crippen molar-refractivity contribution in [1.29, 1.82) is 0 Å². The van der Waals surface area contributed by atoms with Crippen LogP contribution >= 0.6 is 11.3 Å². The first kappa shape index (κ1) is 19.5. The van der Waals surface area contributed by atoms with Gasteiger partial charge in [0.25, 0.3) is 0 Å². The first-order valence-electron chi connectivity index (χ1n) is 8.67. The summed E-state index contributed by atoms with van der Waals surface area (Å²) < 4.78 is 11.0. The summed E-state index contributed by atoms with van der Waals surface area (Å²) in [5.41, 5.74) is 2.74. The van der Waals surface area contributed by atoms with Crippen molar-refractivity contribution in [3.63, 3.8) is 0 Å². The van der Waals surface area contributed by atoms with E-state index in [1.165, 1.54) is 11.3 Å². The van der Waals surface area contributed by atoms with Gasteiger partial charge in [0.1, 0.15) is 29.6 Å². The number of carboxylic acid groups (broad SMARTS) is 1. The van der Waals surface area contributed by atoms with Gasteiger partial charge in [0.15, 0.2) is 0 Å². The van der Waals surface area contributed by atoms with Gasteiger partial charge < -0.3 is 14.6 Å². The Hall–Kier alpha value is -3.31. The topological polar surface area (TPSA) is 55.8 Å². The molecule has 1 heterocycles. The number of thiophene rings is 1. The third-order valence-corrected chi connectivity index (χ3v) is 5.13. The molecule has 0 saturated carbocycles. The average Bonchev–Trinajstić information content (AvgIpc) is 3.17. The second-order valence-corrected chi connectivity index (χ2v) is 6.96. The number of hydrogen-bond donors (Lipinski definition) is 1. The molecule has 0 aliphatic carbocycles. The van der Waals surface area contributed by atoms with E-state index in [1.54, 1.807) is 18.2 Å². The lowest BCUT2D eigenvalue weighted by Crippen LogP contribution is -1.92. The van der Waals surface area contributed by atoms with Crippen LogP contribution in [0.4, 0.5) is 0 Å². The molecule has 142 valence electrons. The predicted molar refractivity (Wildman–Crippen MR) is 114 cm³/mol. The summed E-state index contributed by atoms with van der Waals surface area (Å²) in [5, 5.41) is 9.45. The number of carbonyl (C=O) groups is 1. The van der Waals surface area contributed by atoms with E-state index >= 15 is 0 Å². The highest BCUT2D eigenvalue weighted by atomic mass is 32.1. The van der Waals surface area contributed by atoms with Crippen molar-refractivity contribution in [3.05, 3.63) is 84.8 Å². The van der Waals surface area contributed by atoms with E-state index in [-0.39, 0.29) is 0 Å². The minimum absolute atomic E-state index is 0.295. The minimum atomic E-state index is -0.936. The van der Waals surface area contributed by atoms with Crippen LogP contribution in [0.1, 0.15) is 9.67 Å². The highest BCUT2D eigenvalue weighted by molar-refractivity contribution is 7.18. The zero-order valence-electron chi connectivity index (χ0n) is 15.3. The van der Waals surface area contributed by atoms with Crippen molar-refractivity contribution >= 4 is 17.3 Å². The van der Waals surface area contributed by atoms with Crippen molar-refractivity contribution in [1.82, 2.24) is 0 Å². The van der Waals surface area contributed by atoms with Gasteiger partial charge in [-0.2, -0.15) is 0 Å². The second kappa shape index (κ2) is 9.06. The maximum Gasteiger partial charge on any atom is 0.345 e. The van der Waals surface area contributed by atoms with E-state index in [0.29, 0.717) is 18.1 Å². The standard InChI is InChI=1S/C23H20O4S/c1-3-13-26-18-9-5-16(6-10-18)20-15-21(23(24)25)28-22(20)17-7-11-19(12-8-17)27-14-4-2/h3-12,15H,1-2,13-14H2,(H,24,25). The molecule has 0 spiro atoms. The first-order chi connectivity index (χ1) is 13.6. The van der Waals surface area contributed by atoms with Gasteiger partial charge in [-0.25, -0.2) is 4.79 Å². The fourth-order valence-corrected chi connectivity index (χ4v) is 3.69. The highest BCUT2D eigenvalue weighted by Crippen LogP contribution is 2.40. The van der Waals surface area contributed by atoms with Crippen LogP contribution < -0.4 is 9.47 Å². The Bertz CT molecular complexity index is 896. The number of hydrogen-bond acceptors (Lipinski definition) is 4. The van der Waals surface area contributed by atoms with E-state index in [0.717, 1.165) is 33.1 Å². The van der Waals surface area contributed by atoms with Crippen LogP contribution in [0, 0.1) is 0 Å². The van der Waals surface area contributed by atoms with E-state index in [4.69, 9.17) is 9.47 Å². The first-order valence-corrected chi connectivity index (χ1v) is 9.49. The van der Waals surface area contributed by atoms with Gasteiger partial charge in [-0.05, 0) is 53.6 Å². The number of rotatable bonds is 9. The molecule has 0 aliphatic heterocycles. The Balaban J connectivity index is 1.96. The largest absolute Gasteiger partial charge is 0.490 e. The summed E-state index contributed by atoms with van der Waals surface area (Å²) in [7, 11) is 0. The summed E-state index contributed by atoms with van der Waals surface area (Å²) in [4.78, 5) is 12.7.